The Balaban J connectivity index is 1.47. The molecule has 2 saturated heterocycles. The summed E-state index contributed by atoms with van der Waals surface area (Å²) in [5.74, 6) is 1.49. The van der Waals surface area contributed by atoms with Crippen molar-refractivity contribution in [1.82, 2.24) is 14.7 Å². The minimum atomic E-state index is -0.128. The molecule has 0 aliphatic carbocycles. The summed E-state index contributed by atoms with van der Waals surface area (Å²) in [4.78, 5) is 32.0. The van der Waals surface area contributed by atoms with E-state index in [2.05, 4.69) is 35.9 Å². The lowest BCUT2D eigenvalue weighted by Crippen LogP contribution is -2.55. The van der Waals surface area contributed by atoms with Crippen molar-refractivity contribution >= 4 is 17.5 Å². The second kappa shape index (κ2) is 10.2. The number of para-hydroxylation sites is 1. The Hall–Kier alpha value is -1.92. The molecule has 2 amide bonds. The highest BCUT2D eigenvalue weighted by molar-refractivity contribution is 5.94. The topological polar surface area (TPSA) is 55.9 Å². The predicted molar refractivity (Wildman–Crippen MR) is 117 cm³/mol. The minimum absolute atomic E-state index is 0.0551. The molecular formula is C23H36N4O2. The van der Waals surface area contributed by atoms with Crippen LogP contribution in [0.5, 0.6) is 0 Å². The highest BCUT2D eigenvalue weighted by Gasteiger charge is 2.30. The van der Waals surface area contributed by atoms with Gasteiger partial charge in [0.05, 0.1) is 12.6 Å². The van der Waals surface area contributed by atoms with Gasteiger partial charge in [-0.3, -0.25) is 19.4 Å². The van der Waals surface area contributed by atoms with E-state index in [0.717, 1.165) is 51.4 Å². The second-order valence-electron chi connectivity index (χ2n) is 8.84. The number of carbonyl (C=O) groups is 2. The Kier molecular flexibility index (Phi) is 7.67. The van der Waals surface area contributed by atoms with Gasteiger partial charge in [-0.05, 0) is 36.8 Å². The number of hydrogen-bond acceptors (Lipinski definition) is 4. The van der Waals surface area contributed by atoms with Crippen molar-refractivity contribution in [2.75, 3.05) is 51.1 Å². The number of carbonyl (C=O) groups excluding carboxylic acids is 2. The molecule has 1 N–H and O–H groups in total. The largest absolute Gasteiger partial charge is 0.341 e. The predicted octanol–water partition coefficient (Wildman–Crippen LogP) is 2.53. The first-order valence-electron chi connectivity index (χ1n) is 11.1. The molecule has 2 fully saturated rings. The van der Waals surface area contributed by atoms with E-state index < -0.39 is 0 Å². The van der Waals surface area contributed by atoms with Gasteiger partial charge in [-0.1, -0.05) is 39.0 Å². The van der Waals surface area contributed by atoms with Crippen LogP contribution in [0.4, 0.5) is 5.69 Å². The fraction of sp³-hybridized carbons (Fsp3) is 0.652. The van der Waals surface area contributed by atoms with E-state index in [1.807, 2.05) is 35.2 Å². The zero-order valence-corrected chi connectivity index (χ0v) is 18.1. The number of rotatable bonds is 6. The average Bonchev–Trinajstić information content (AvgIpc) is 2.70. The number of anilines is 1. The Morgan fingerprint density at radius 1 is 1.03 bits per heavy atom. The summed E-state index contributed by atoms with van der Waals surface area (Å²) in [6, 6.07) is 9.50. The van der Waals surface area contributed by atoms with Gasteiger partial charge in [0.15, 0.2) is 0 Å². The molecule has 2 aliphatic heterocycles. The summed E-state index contributed by atoms with van der Waals surface area (Å²) in [7, 11) is 0. The molecule has 0 spiro atoms. The van der Waals surface area contributed by atoms with Crippen LogP contribution in [0.2, 0.25) is 0 Å². The van der Waals surface area contributed by atoms with Gasteiger partial charge in [0, 0.05) is 45.0 Å². The number of hydrogen-bond donors (Lipinski definition) is 1. The van der Waals surface area contributed by atoms with Crippen molar-refractivity contribution < 1.29 is 9.59 Å². The van der Waals surface area contributed by atoms with E-state index in [1.165, 1.54) is 6.42 Å². The Bertz CT molecular complexity index is 663. The maximum Gasteiger partial charge on any atom is 0.241 e. The van der Waals surface area contributed by atoms with Gasteiger partial charge >= 0.3 is 0 Å². The van der Waals surface area contributed by atoms with E-state index >= 15 is 0 Å². The first-order valence-corrected chi connectivity index (χ1v) is 11.1. The van der Waals surface area contributed by atoms with Crippen LogP contribution in [0.3, 0.4) is 0 Å². The van der Waals surface area contributed by atoms with Crippen molar-refractivity contribution in [3.63, 3.8) is 0 Å². The summed E-state index contributed by atoms with van der Waals surface area (Å²) in [5, 5.41) is 3.03. The van der Waals surface area contributed by atoms with Gasteiger partial charge in [-0.15, -0.1) is 0 Å². The number of nitrogens with zero attached hydrogens (tertiary/aromatic N) is 3. The van der Waals surface area contributed by atoms with Crippen molar-refractivity contribution in [2.45, 2.75) is 39.7 Å². The van der Waals surface area contributed by atoms with Crippen LogP contribution in [0.1, 0.15) is 33.6 Å². The van der Waals surface area contributed by atoms with E-state index in [9.17, 15) is 9.59 Å². The lowest BCUT2D eigenvalue weighted by Gasteiger charge is -2.40. The minimum Gasteiger partial charge on any atom is -0.341 e. The third-order valence-electron chi connectivity index (χ3n) is 6.16. The fourth-order valence-corrected chi connectivity index (χ4v) is 4.75. The number of nitrogens with one attached hydrogen (secondary N) is 1. The van der Waals surface area contributed by atoms with Gasteiger partial charge < -0.3 is 10.2 Å². The van der Waals surface area contributed by atoms with Gasteiger partial charge in [0.25, 0.3) is 0 Å². The zero-order valence-electron chi connectivity index (χ0n) is 18.1. The molecular weight excluding hydrogens is 364 g/mol. The monoisotopic (exact) mass is 400 g/mol. The molecule has 0 unspecified atom stereocenters. The van der Waals surface area contributed by atoms with Crippen LogP contribution in [0.25, 0.3) is 0 Å². The molecule has 1 aromatic carbocycles. The molecule has 0 aromatic heterocycles. The van der Waals surface area contributed by atoms with Crippen LogP contribution < -0.4 is 5.32 Å². The first kappa shape index (κ1) is 21.8. The Morgan fingerprint density at radius 3 is 2.24 bits per heavy atom. The molecule has 2 heterocycles. The van der Waals surface area contributed by atoms with Gasteiger partial charge in [0.2, 0.25) is 11.8 Å². The van der Waals surface area contributed by atoms with E-state index in [-0.39, 0.29) is 17.9 Å². The number of likely N-dealkylation sites (tertiary alicyclic amines) is 1. The first-order chi connectivity index (χ1) is 14.0. The molecule has 6 heteroatoms. The Morgan fingerprint density at radius 2 is 1.66 bits per heavy atom. The molecule has 160 valence electrons. The smallest absolute Gasteiger partial charge is 0.241 e. The number of piperazine rings is 1. The summed E-state index contributed by atoms with van der Waals surface area (Å²) in [6.07, 6.45) is 1.99. The zero-order chi connectivity index (χ0) is 20.8. The molecule has 0 radical (unpaired) electrons. The molecule has 1 aromatic rings. The number of piperidine rings is 1. The molecule has 29 heavy (non-hydrogen) atoms. The molecule has 3 atom stereocenters. The summed E-state index contributed by atoms with van der Waals surface area (Å²) >= 11 is 0. The number of benzene rings is 1. The molecule has 3 rings (SSSR count). The van der Waals surface area contributed by atoms with Crippen LogP contribution in [-0.4, -0.2) is 78.4 Å². The SMILES string of the molecule is CC[C@H](C(=O)Nc1ccccc1)N1CCN(CC(=O)N2C[C@@H](C)C[C@H](C)C2)CC1. The fourth-order valence-electron chi connectivity index (χ4n) is 4.75. The van der Waals surface area contributed by atoms with Crippen molar-refractivity contribution in [3.8, 4) is 0 Å². The normalized spacial score (nSPS) is 24.9. The molecule has 0 bridgehead atoms. The standard InChI is InChI=1S/C23H36N4O2/c1-4-21(23(29)24-20-8-6-5-7-9-20)26-12-10-25(11-13-26)17-22(28)27-15-18(2)14-19(3)16-27/h5-9,18-19,21H,4,10-17H2,1-3H3,(H,24,29)/t18-,19-,21+/m0/s1. The van der Waals surface area contributed by atoms with Crippen LogP contribution in [0, 0.1) is 11.8 Å². The summed E-state index contributed by atoms with van der Waals surface area (Å²) in [6.45, 7) is 12.1. The average molecular weight is 401 g/mol. The summed E-state index contributed by atoms with van der Waals surface area (Å²) < 4.78 is 0. The third kappa shape index (κ3) is 6.03. The van der Waals surface area contributed by atoms with Crippen LogP contribution in [-0.2, 0) is 9.59 Å². The lowest BCUT2D eigenvalue weighted by molar-refractivity contribution is -0.136. The number of amides is 2. The maximum absolute atomic E-state index is 12.7. The van der Waals surface area contributed by atoms with E-state index in [0.29, 0.717) is 18.4 Å². The maximum atomic E-state index is 12.7. The molecule has 0 saturated carbocycles. The highest BCUT2D eigenvalue weighted by atomic mass is 16.2. The van der Waals surface area contributed by atoms with E-state index in [4.69, 9.17) is 0 Å². The molecule has 2 aliphatic rings. The van der Waals surface area contributed by atoms with Gasteiger partial charge in [0.1, 0.15) is 0 Å². The highest BCUT2D eigenvalue weighted by Crippen LogP contribution is 2.21. The van der Waals surface area contributed by atoms with Gasteiger partial charge in [-0.2, -0.15) is 0 Å². The van der Waals surface area contributed by atoms with Crippen molar-refractivity contribution in [1.29, 1.82) is 0 Å². The van der Waals surface area contributed by atoms with Crippen molar-refractivity contribution in [3.05, 3.63) is 30.3 Å². The van der Waals surface area contributed by atoms with Crippen LogP contribution >= 0.6 is 0 Å². The van der Waals surface area contributed by atoms with Crippen molar-refractivity contribution in [2.24, 2.45) is 11.8 Å². The second-order valence-corrected chi connectivity index (χ2v) is 8.84. The summed E-state index contributed by atoms with van der Waals surface area (Å²) in [5.41, 5.74) is 0.838. The lowest BCUT2D eigenvalue weighted by atomic mass is 9.92. The quantitative estimate of drug-likeness (QED) is 0.797. The van der Waals surface area contributed by atoms with Gasteiger partial charge in [-0.25, -0.2) is 0 Å². The van der Waals surface area contributed by atoms with Crippen LogP contribution in [0.15, 0.2) is 30.3 Å². The third-order valence-corrected chi connectivity index (χ3v) is 6.16. The molecule has 6 nitrogen and oxygen atoms in total. The Labute approximate surface area is 175 Å². The van der Waals surface area contributed by atoms with E-state index in [1.54, 1.807) is 0 Å².